The number of nitrogens with zero attached hydrogens (tertiary/aromatic N) is 2. The molecule has 0 spiro atoms. The highest BCUT2D eigenvalue weighted by molar-refractivity contribution is 5.99. The third-order valence-corrected chi connectivity index (χ3v) is 4.88. The molecule has 3 rings (SSSR count). The lowest BCUT2D eigenvalue weighted by Crippen LogP contribution is -2.42. The summed E-state index contributed by atoms with van der Waals surface area (Å²) in [6.45, 7) is 12.4. The first-order chi connectivity index (χ1) is 16.6. The largest absolute Gasteiger partial charge is 0.479 e. The Bertz CT molecular complexity index is 1280. The summed E-state index contributed by atoms with van der Waals surface area (Å²) in [5.74, 6) is -1.60. The first-order valence-corrected chi connectivity index (χ1v) is 11.5. The molecule has 2 aromatic carbocycles. The van der Waals surface area contributed by atoms with E-state index in [1.807, 2.05) is 0 Å². The summed E-state index contributed by atoms with van der Waals surface area (Å²) in [5, 5.41) is 14.9. The Morgan fingerprint density at radius 3 is 2.33 bits per heavy atom. The highest BCUT2D eigenvalue weighted by atomic mass is 19.1. The molecule has 0 saturated heterocycles. The van der Waals surface area contributed by atoms with E-state index in [1.54, 1.807) is 78.8 Å². The van der Waals surface area contributed by atoms with Crippen LogP contribution in [0.1, 0.15) is 58.7 Å². The number of halogens is 1. The second-order valence-corrected chi connectivity index (χ2v) is 10.5. The molecule has 1 amide bonds. The van der Waals surface area contributed by atoms with Gasteiger partial charge in [-0.15, -0.1) is 5.06 Å². The lowest BCUT2D eigenvalue weighted by molar-refractivity contribution is -0.138. The molecule has 1 heterocycles. The zero-order valence-electron chi connectivity index (χ0n) is 21.5. The van der Waals surface area contributed by atoms with Crippen LogP contribution in [-0.2, 0) is 14.4 Å². The topological polar surface area (TPSA) is 101 Å². The van der Waals surface area contributed by atoms with Crippen molar-refractivity contribution in [2.75, 3.05) is 10.4 Å². The molecule has 3 aromatic rings. The number of amides is 1. The van der Waals surface area contributed by atoms with Gasteiger partial charge in [-0.2, -0.15) is 0 Å². The molecule has 2 N–H and O–H groups in total. The van der Waals surface area contributed by atoms with Gasteiger partial charge in [0.15, 0.2) is 11.9 Å². The third-order valence-electron chi connectivity index (χ3n) is 4.88. The normalized spacial score (nSPS) is 12.8. The number of rotatable bonds is 6. The quantitative estimate of drug-likeness (QED) is 0.381. The van der Waals surface area contributed by atoms with E-state index in [2.05, 4.69) is 10.3 Å². The van der Waals surface area contributed by atoms with Crippen LogP contribution in [0.4, 0.5) is 20.7 Å². The van der Waals surface area contributed by atoms with Crippen LogP contribution in [0.5, 0.6) is 0 Å². The minimum Gasteiger partial charge on any atom is -0.479 e. The number of aromatic nitrogens is 1. The number of fused-ring (bicyclic) bond motifs is 1. The molecule has 192 valence electrons. The lowest BCUT2D eigenvalue weighted by Gasteiger charge is -2.31. The van der Waals surface area contributed by atoms with Crippen molar-refractivity contribution < 1.29 is 28.7 Å². The molecular weight excluding hydrogens is 465 g/mol. The summed E-state index contributed by atoms with van der Waals surface area (Å²) in [6.07, 6.45) is 0.792. The van der Waals surface area contributed by atoms with Crippen molar-refractivity contribution in [1.29, 1.82) is 0 Å². The number of aliphatic carboxylic acids is 1. The average molecular weight is 498 g/mol. The van der Waals surface area contributed by atoms with Gasteiger partial charge in [0.25, 0.3) is 0 Å². The maximum absolute atomic E-state index is 14.4. The Kier molecular flexibility index (Phi) is 7.54. The minimum absolute atomic E-state index is 0.0349. The summed E-state index contributed by atoms with van der Waals surface area (Å²) in [5.41, 5.74) is -0.250. The molecule has 8 nitrogen and oxygen atoms in total. The second-order valence-electron chi connectivity index (χ2n) is 10.5. The molecule has 0 radical (unpaired) electrons. The van der Waals surface area contributed by atoms with Crippen molar-refractivity contribution >= 4 is 34.3 Å². The fourth-order valence-corrected chi connectivity index (χ4v) is 3.48. The molecule has 0 aliphatic heterocycles. The number of nitrogens with one attached hydrogen (secondary N) is 1. The van der Waals surface area contributed by atoms with Crippen molar-refractivity contribution in [1.82, 2.24) is 4.98 Å². The van der Waals surface area contributed by atoms with Crippen LogP contribution < -0.4 is 10.4 Å². The fourth-order valence-electron chi connectivity index (χ4n) is 3.48. The molecule has 1 unspecified atom stereocenters. The van der Waals surface area contributed by atoms with Gasteiger partial charge in [0.2, 0.25) is 0 Å². The Labute approximate surface area is 210 Å². The van der Waals surface area contributed by atoms with Gasteiger partial charge in [-0.25, -0.2) is 19.0 Å². The van der Waals surface area contributed by atoms with Crippen molar-refractivity contribution in [2.45, 2.75) is 65.7 Å². The van der Waals surface area contributed by atoms with Gasteiger partial charge in [-0.3, -0.25) is 4.84 Å². The van der Waals surface area contributed by atoms with Gasteiger partial charge < -0.3 is 15.2 Å². The van der Waals surface area contributed by atoms with Crippen LogP contribution >= 0.6 is 0 Å². The van der Waals surface area contributed by atoms with Gasteiger partial charge in [0.05, 0.1) is 5.60 Å². The van der Waals surface area contributed by atoms with Gasteiger partial charge in [-0.05, 0) is 84.2 Å². The Balaban J connectivity index is 2.02. The number of ether oxygens (including phenoxy) is 1. The predicted octanol–water partition coefficient (Wildman–Crippen LogP) is 6.39. The third kappa shape index (κ3) is 6.69. The maximum atomic E-state index is 14.4. The van der Waals surface area contributed by atoms with Crippen LogP contribution in [0.15, 0.2) is 48.7 Å². The van der Waals surface area contributed by atoms with E-state index in [-0.39, 0.29) is 11.4 Å². The van der Waals surface area contributed by atoms with E-state index in [9.17, 15) is 19.1 Å². The number of anilines is 2. The molecule has 0 aliphatic rings. The van der Waals surface area contributed by atoms with E-state index < -0.39 is 35.1 Å². The van der Waals surface area contributed by atoms with Crippen molar-refractivity contribution in [2.24, 2.45) is 0 Å². The summed E-state index contributed by atoms with van der Waals surface area (Å²) >= 11 is 0. The Hall–Kier alpha value is -3.72. The number of carboxylic acid groups (broad SMARTS) is 1. The molecule has 1 aromatic heterocycles. The molecule has 0 fully saturated rings. The highest BCUT2D eigenvalue weighted by Crippen LogP contribution is 2.32. The second kappa shape index (κ2) is 10.1. The number of benzene rings is 2. The predicted molar refractivity (Wildman–Crippen MR) is 136 cm³/mol. The van der Waals surface area contributed by atoms with Crippen LogP contribution in [-0.4, -0.2) is 33.4 Å². The van der Waals surface area contributed by atoms with Crippen LogP contribution in [0, 0.1) is 12.7 Å². The van der Waals surface area contributed by atoms with Gasteiger partial charge in [-0.1, -0.05) is 17.7 Å². The number of carboxylic acids is 1. The van der Waals surface area contributed by atoms with E-state index in [1.165, 1.54) is 18.3 Å². The van der Waals surface area contributed by atoms with E-state index in [0.29, 0.717) is 16.5 Å². The van der Waals surface area contributed by atoms with Gasteiger partial charge >= 0.3 is 12.1 Å². The van der Waals surface area contributed by atoms with E-state index >= 15 is 0 Å². The van der Waals surface area contributed by atoms with Crippen molar-refractivity contribution in [3.63, 3.8) is 0 Å². The standard InChI is InChI=1S/C27H32FN3O5/c1-16-8-11-21(28)20(14-16)22(24(32)33)30-18-9-10-19-17(15-18)12-13-29-23(19)31(36-27(5,6)7)25(34)35-26(2,3)4/h8-15,22,30H,1-7H3,(H,32,33). The SMILES string of the molecule is Cc1ccc(F)c(C(Nc2ccc3c(N(OC(C)(C)C)C(=O)OC(C)(C)C)nccc3c2)C(=O)O)c1. The van der Waals surface area contributed by atoms with Crippen LogP contribution in [0.2, 0.25) is 0 Å². The monoisotopic (exact) mass is 497 g/mol. The van der Waals surface area contributed by atoms with Gasteiger partial charge in [0, 0.05) is 22.8 Å². The number of hydrogen-bond donors (Lipinski definition) is 2. The summed E-state index contributed by atoms with van der Waals surface area (Å²) in [7, 11) is 0. The van der Waals surface area contributed by atoms with E-state index in [0.717, 1.165) is 10.6 Å². The number of aryl methyl sites for hydroxylation is 1. The first kappa shape index (κ1) is 26.9. The van der Waals surface area contributed by atoms with Gasteiger partial charge in [0.1, 0.15) is 11.4 Å². The first-order valence-electron chi connectivity index (χ1n) is 11.5. The summed E-state index contributed by atoms with van der Waals surface area (Å²) in [6, 6.07) is 9.79. The van der Waals surface area contributed by atoms with Crippen molar-refractivity contribution in [3.05, 3.63) is 65.6 Å². The van der Waals surface area contributed by atoms with Crippen LogP contribution in [0.3, 0.4) is 0 Å². The average Bonchev–Trinajstić information content (AvgIpc) is 2.75. The zero-order chi connectivity index (χ0) is 26.8. The van der Waals surface area contributed by atoms with Crippen LogP contribution in [0.25, 0.3) is 10.8 Å². The number of carbonyl (C=O) groups excluding carboxylic acids is 1. The molecular formula is C27H32FN3O5. The summed E-state index contributed by atoms with van der Waals surface area (Å²) < 4.78 is 20.0. The molecule has 36 heavy (non-hydrogen) atoms. The molecule has 0 aliphatic carbocycles. The number of carbonyl (C=O) groups is 2. The molecule has 9 heteroatoms. The number of hydrogen-bond acceptors (Lipinski definition) is 6. The maximum Gasteiger partial charge on any atom is 0.440 e. The Morgan fingerprint density at radius 2 is 1.72 bits per heavy atom. The Morgan fingerprint density at radius 1 is 1.03 bits per heavy atom. The van der Waals surface area contributed by atoms with Crippen molar-refractivity contribution in [3.8, 4) is 0 Å². The summed E-state index contributed by atoms with van der Waals surface area (Å²) in [4.78, 5) is 35.3. The number of hydroxylamine groups is 1. The molecule has 0 bridgehead atoms. The number of pyridine rings is 1. The zero-order valence-corrected chi connectivity index (χ0v) is 21.5. The van der Waals surface area contributed by atoms with E-state index in [4.69, 9.17) is 9.57 Å². The lowest BCUT2D eigenvalue weighted by atomic mass is 10.0. The smallest absolute Gasteiger partial charge is 0.440 e. The fraction of sp³-hybridized carbons (Fsp3) is 0.370. The minimum atomic E-state index is -1.30. The molecule has 1 atom stereocenters. The highest BCUT2D eigenvalue weighted by Gasteiger charge is 2.31. The molecule has 0 saturated carbocycles.